The number of ketones is 1. The lowest BCUT2D eigenvalue weighted by atomic mass is 9.90. The Morgan fingerprint density at radius 2 is 2.00 bits per heavy atom. The highest BCUT2D eigenvalue weighted by Crippen LogP contribution is 2.34. The standard InChI is InChI=1S/C24H25N3O4/c1-29-20-7-5-19(6-8-20)27-12-10-25-23(27)15-26-11-2-3-18(14-26)24(28)17-4-9-21-22(13-17)31-16-30-21/h4-10,12-13,18H,2-3,11,14-16H2,1H3. The van der Waals surface area contributed by atoms with Crippen molar-refractivity contribution in [1.29, 1.82) is 0 Å². The first-order valence-electron chi connectivity index (χ1n) is 10.5. The average Bonchev–Trinajstić information content (AvgIpc) is 3.48. The molecule has 31 heavy (non-hydrogen) atoms. The molecule has 2 aromatic carbocycles. The van der Waals surface area contributed by atoms with Crippen LogP contribution in [-0.4, -0.2) is 47.2 Å². The molecule has 0 spiro atoms. The number of rotatable bonds is 6. The van der Waals surface area contributed by atoms with Crippen LogP contribution < -0.4 is 14.2 Å². The number of carbonyl (C=O) groups excluding carboxylic acids is 1. The van der Waals surface area contributed by atoms with Crippen molar-refractivity contribution in [2.45, 2.75) is 19.4 Å². The Balaban J connectivity index is 1.28. The van der Waals surface area contributed by atoms with E-state index in [9.17, 15) is 4.79 Å². The maximum absolute atomic E-state index is 13.1. The lowest BCUT2D eigenvalue weighted by Crippen LogP contribution is -2.38. The molecule has 1 atom stereocenters. The Labute approximate surface area is 181 Å². The highest BCUT2D eigenvalue weighted by Gasteiger charge is 2.28. The first-order chi connectivity index (χ1) is 15.2. The minimum Gasteiger partial charge on any atom is -0.497 e. The van der Waals surface area contributed by atoms with Crippen LogP contribution >= 0.6 is 0 Å². The third kappa shape index (κ3) is 4.01. The largest absolute Gasteiger partial charge is 0.497 e. The van der Waals surface area contributed by atoms with Gasteiger partial charge in [0.2, 0.25) is 6.79 Å². The summed E-state index contributed by atoms with van der Waals surface area (Å²) in [6.45, 7) is 2.60. The van der Waals surface area contributed by atoms with Crippen molar-refractivity contribution in [2.24, 2.45) is 5.92 Å². The smallest absolute Gasteiger partial charge is 0.231 e. The summed E-state index contributed by atoms with van der Waals surface area (Å²) < 4.78 is 18.1. The first kappa shape index (κ1) is 19.6. The molecule has 160 valence electrons. The van der Waals surface area contributed by atoms with E-state index in [0.717, 1.165) is 43.2 Å². The third-order valence-corrected chi connectivity index (χ3v) is 5.97. The Hall–Kier alpha value is -3.32. The van der Waals surface area contributed by atoms with E-state index in [1.165, 1.54) is 0 Å². The SMILES string of the molecule is COc1ccc(-n2ccnc2CN2CCCC(C(=O)c3ccc4c(c3)OCO4)C2)cc1. The minimum atomic E-state index is -0.0291. The van der Waals surface area contributed by atoms with Crippen LogP contribution in [0.2, 0.25) is 0 Å². The summed E-state index contributed by atoms with van der Waals surface area (Å²) >= 11 is 0. The van der Waals surface area contributed by atoms with Crippen molar-refractivity contribution in [2.75, 3.05) is 27.0 Å². The summed E-state index contributed by atoms with van der Waals surface area (Å²) in [6.07, 6.45) is 5.68. The molecule has 0 aliphatic carbocycles. The summed E-state index contributed by atoms with van der Waals surface area (Å²) in [7, 11) is 1.66. The lowest BCUT2D eigenvalue weighted by Gasteiger charge is -2.31. The van der Waals surface area contributed by atoms with Crippen LogP contribution in [0.5, 0.6) is 17.2 Å². The molecule has 1 unspecified atom stereocenters. The number of imidazole rings is 1. The summed E-state index contributed by atoms with van der Waals surface area (Å²) in [5.74, 6) is 3.28. The predicted molar refractivity (Wildman–Crippen MR) is 115 cm³/mol. The summed E-state index contributed by atoms with van der Waals surface area (Å²) in [4.78, 5) is 20.0. The molecule has 5 rings (SSSR count). The summed E-state index contributed by atoms with van der Waals surface area (Å²) in [5.41, 5.74) is 1.73. The van der Waals surface area contributed by atoms with E-state index in [1.54, 1.807) is 13.2 Å². The molecular weight excluding hydrogens is 394 g/mol. The van der Waals surface area contributed by atoms with E-state index >= 15 is 0 Å². The quantitative estimate of drug-likeness (QED) is 0.568. The van der Waals surface area contributed by atoms with Gasteiger partial charge >= 0.3 is 0 Å². The number of carbonyl (C=O) groups is 1. The first-order valence-corrected chi connectivity index (χ1v) is 10.5. The Bertz CT molecular complexity index is 1080. The Morgan fingerprint density at radius 1 is 1.16 bits per heavy atom. The molecular formula is C24H25N3O4. The minimum absolute atomic E-state index is 0.0291. The fourth-order valence-corrected chi connectivity index (χ4v) is 4.33. The highest BCUT2D eigenvalue weighted by molar-refractivity contribution is 5.98. The van der Waals surface area contributed by atoms with Crippen molar-refractivity contribution in [3.05, 3.63) is 66.2 Å². The topological polar surface area (TPSA) is 65.8 Å². The van der Waals surface area contributed by atoms with Gasteiger partial charge in [0.25, 0.3) is 0 Å². The van der Waals surface area contributed by atoms with Gasteiger partial charge in [0.05, 0.1) is 13.7 Å². The zero-order chi connectivity index (χ0) is 21.2. The molecule has 1 fully saturated rings. The number of piperidine rings is 1. The number of hydrogen-bond donors (Lipinski definition) is 0. The Morgan fingerprint density at radius 3 is 2.84 bits per heavy atom. The molecule has 7 heteroatoms. The number of likely N-dealkylation sites (tertiary alicyclic amines) is 1. The Kier molecular flexibility index (Phi) is 5.34. The van der Waals surface area contributed by atoms with E-state index in [4.69, 9.17) is 14.2 Å². The van der Waals surface area contributed by atoms with Gasteiger partial charge in [-0.05, 0) is 61.9 Å². The van der Waals surface area contributed by atoms with Crippen LogP contribution in [0, 0.1) is 5.92 Å². The normalized spacial score (nSPS) is 18.2. The van der Waals surface area contributed by atoms with Gasteiger partial charge in [0.1, 0.15) is 11.6 Å². The van der Waals surface area contributed by atoms with Crippen LogP contribution in [0.15, 0.2) is 54.9 Å². The van der Waals surface area contributed by atoms with Gasteiger partial charge in [-0.25, -0.2) is 4.98 Å². The van der Waals surface area contributed by atoms with Crippen LogP contribution in [-0.2, 0) is 6.54 Å². The third-order valence-electron chi connectivity index (χ3n) is 5.97. The van der Waals surface area contributed by atoms with E-state index in [0.29, 0.717) is 23.6 Å². The molecule has 0 N–H and O–H groups in total. The monoisotopic (exact) mass is 419 g/mol. The molecule has 1 aromatic heterocycles. The fourth-order valence-electron chi connectivity index (χ4n) is 4.33. The number of nitrogens with zero attached hydrogens (tertiary/aromatic N) is 3. The van der Waals surface area contributed by atoms with Crippen molar-refractivity contribution in [3.8, 4) is 22.9 Å². The number of fused-ring (bicyclic) bond motifs is 1. The number of ether oxygens (including phenoxy) is 3. The molecule has 1 saturated heterocycles. The van der Waals surface area contributed by atoms with Crippen molar-refractivity contribution in [1.82, 2.24) is 14.5 Å². The van der Waals surface area contributed by atoms with Gasteiger partial charge in [0.15, 0.2) is 17.3 Å². The zero-order valence-corrected chi connectivity index (χ0v) is 17.5. The van der Waals surface area contributed by atoms with Crippen LogP contribution in [0.25, 0.3) is 5.69 Å². The highest BCUT2D eigenvalue weighted by atomic mass is 16.7. The molecule has 0 radical (unpaired) electrons. The fraction of sp³-hybridized carbons (Fsp3) is 0.333. The molecule has 2 aliphatic heterocycles. The van der Waals surface area contributed by atoms with Crippen molar-refractivity contribution in [3.63, 3.8) is 0 Å². The predicted octanol–water partition coefficient (Wildman–Crippen LogP) is 3.70. The van der Waals surface area contributed by atoms with E-state index in [-0.39, 0.29) is 18.5 Å². The van der Waals surface area contributed by atoms with E-state index in [2.05, 4.69) is 14.5 Å². The van der Waals surface area contributed by atoms with Crippen molar-refractivity contribution >= 4 is 5.78 Å². The maximum atomic E-state index is 13.1. The number of aromatic nitrogens is 2. The lowest BCUT2D eigenvalue weighted by molar-refractivity contribution is 0.0807. The van der Waals surface area contributed by atoms with Gasteiger partial charge < -0.3 is 18.8 Å². The van der Waals surface area contributed by atoms with Gasteiger partial charge in [-0.3, -0.25) is 9.69 Å². The maximum Gasteiger partial charge on any atom is 0.231 e. The number of hydrogen-bond acceptors (Lipinski definition) is 6. The van der Waals surface area contributed by atoms with Crippen LogP contribution in [0.3, 0.4) is 0 Å². The number of benzene rings is 2. The second-order valence-corrected chi connectivity index (χ2v) is 7.92. The van der Waals surface area contributed by atoms with Crippen LogP contribution in [0.4, 0.5) is 0 Å². The van der Waals surface area contributed by atoms with E-state index in [1.807, 2.05) is 48.8 Å². The molecule has 3 aromatic rings. The number of methoxy groups -OCH3 is 1. The van der Waals surface area contributed by atoms with Crippen molar-refractivity contribution < 1.29 is 19.0 Å². The number of Topliss-reactive ketones (excluding diaryl/α,β-unsaturated/α-hetero) is 1. The molecule has 0 amide bonds. The average molecular weight is 419 g/mol. The van der Waals surface area contributed by atoms with Gasteiger partial charge in [0, 0.05) is 36.1 Å². The molecule has 7 nitrogen and oxygen atoms in total. The van der Waals surface area contributed by atoms with Gasteiger partial charge in [-0.1, -0.05) is 0 Å². The molecule has 0 saturated carbocycles. The summed E-state index contributed by atoms with van der Waals surface area (Å²) in [5, 5.41) is 0. The molecule has 0 bridgehead atoms. The van der Waals surface area contributed by atoms with E-state index < -0.39 is 0 Å². The zero-order valence-electron chi connectivity index (χ0n) is 17.5. The van der Waals surface area contributed by atoms with Gasteiger partial charge in [-0.15, -0.1) is 0 Å². The van der Waals surface area contributed by atoms with Gasteiger partial charge in [-0.2, -0.15) is 0 Å². The van der Waals surface area contributed by atoms with Crippen LogP contribution in [0.1, 0.15) is 29.0 Å². The molecule has 2 aliphatic rings. The summed E-state index contributed by atoms with van der Waals surface area (Å²) in [6, 6.07) is 13.4. The molecule has 3 heterocycles. The second-order valence-electron chi connectivity index (χ2n) is 7.92. The second kappa shape index (κ2) is 8.43.